The molecule has 0 aromatic heterocycles. The third-order valence-electron chi connectivity index (χ3n) is 4.57. The molecule has 2 aromatic carbocycles. The lowest BCUT2D eigenvalue weighted by Crippen LogP contribution is -2.35. The van der Waals surface area contributed by atoms with Gasteiger partial charge in [0.05, 0.1) is 29.2 Å². The van der Waals surface area contributed by atoms with Gasteiger partial charge >= 0.3 is 5.97 Å². The summed E-state index contributed by atoms with van der Waals surface area (Å²) in [5.41, 5.74) is 2.21. The number of benzene rings is 2. The molecule has 162 valence electrons. The summed E-state index contributed by atoms with van der Waals surface area (Å²) >= 11 is 3.80. The number of carbonyl (C=O) groups is 2. The Balaban J connectivity index is 1.60. The quantitative estimate of drug-likeness (QED) is 0.507. The molecule has 0 atom stereocenters. The first-order valence-corrected chi connectivity index (χ1v) is 12.1. The van der Waals surface area contributed by atoms with Crippen LogP contribution in [0.25, 0.3) is 0 Å². The van der Waals surface area contributed by atoms with Crippen LogP contribution in [-0.2, 0) is 9.53 Å². The minimum atomic E-state index is -0.543. The van der Waals surface area contributed by atoms with Crippen molar-refractivity contribution < 1.29 is 19.1 Å². The van der Waals surface area contributed by atoms with Crippen molar-refractivity contribution in [3.63, 3.8) is 0 Å². The molecule has 0 radical (unpaired) electrons. The molecule has 1 aliphatic heterocycles. The molecule has 0 unspecified atom stereocenters. The lowest BCUT2D eigenvalue weighted by molar-refractivity contribution is -0.121. The Labute approximate surface area is 190 Å². The Bertz CT molecular complexity index is 920. The maximum absolute atomic E-state index is 12.7. The highest BCUT2D eigenvalue weighted by Crippen LogP contribution is 2.45. The van der Waals surface area contributed by atoms with Crippen LogP contribution >= 0.6 is 23.5 Å². The fraction of sp³-hybridized carbons (Fsp3) is 0.348. The number of anilines is 1. The lowest BCUT2D eigenvalue weighted by Gasteiger charge is -2.22. The normalized spacial score (nSPS) is 13.4. The average Bonchev–Trinajstić information content (AvgIpc) is 3.34. The third-order valence-corrected chi connectivity index (χ3v) is 7.68. The summed E-state index contributed by atoms with van der Waals surface area (Å²) in [5.74, 6) is 2.04. The van der Waals surface area contributed by atoms with Gasteiger partial charge in [-0.25, -0.2) is 4.79 Å². The number of nitriles is 1. The van der Waals surface area contributed by atoms with E-state index in [4.69, 9.17) is 14.7 Å². The molecule has 6 nitrogen and oxygen atoms in total. The van der Waals surface area contributed by atoms with Crippen LogP contribution in [-0.4, -0.2) is 43.1 Å². The van der Waals surface area contributed by atoms with Gasteiger partial charge in [0, 0.05) is 23.7 Å². The predicted octanol–water partition coefficient (Wildman–Crippen LogP) is 4.67. The van der Waals surface area contributed by atoms with Gasteiger partial charge in [-0.1, -0.05) is 12.1 Å². The van der Waals surface area contributed by atoms with E-state index in [0.717, 1.165) is 11.5 Å². The Kier molecular flexibility index (Phi) is 8.68. The summed E-state index contributed by atoms with van der Waals surface area (Å²) in [5, 5.41) is 8.93. The second kappa shape index (κ2) is 11.7. The molecule has 3 rings (SSSR count). The topological polar surface area (TPSA) is 79.6 Å². The largest absolute Gasteiger partial charge is 0.494 e. The summed E-state index contributed by atoms with van der Waals surface area (Å²) < 4.78 is 11.1. The molecular formula is C23H24N2O4S2. The van der Waals surface area contributed by atoms with Crippen molar-refractivity contribution >= 4 is 41.1 Å². The predicted molar refractivity (Wildman–Crippen MR) is 125 cm³/mol. The zero-order valence-corrected chi connectivity index (χ0v) is 18.9. The molecule has 31 heavy (non-hydrogen) atoms. The van der Waals surface area contributed by atoms with Gasteiger partial charge in [-0.2, -0.15) is 5.26 Å². The standard InChI is InChI=1S/C23H24N2O4S2/c1-2-28-20-10-8-19(9-11-20)25(13-3-12-24)21(26)16-29-22(27)17-4-6-18(7-5-17)23-30-14-15-31-23/h4-11,23H,2-3,13-16H2,1H3. The number of nitrogens with zero attached hydrogens (tertiary/aromatic N) is 2. The van der Waals surface area contributed by atoms with Gasteiger partial charge in [-0.15, -0.1) is 23.5 Å². The monoisotopic (exact) mass is 456 g/mol. The van der Waals surface area contributed by atoms with E-state index in [2.05, 4.69) is 0 Å². The Morgan fingerprint density at radius 1 is 1.10 bits per heavy atom. The summed E-state index contributed by atoms with van der Waals surface area (Å²) in [4.78, 5) is 26.6. The van der Waals surface area contributed by atoms with E-state index >= 15 is 0 Å². The number of ether oxygens (including phenoxy) is 2. The fourth-order valence-electron chi connectivity index (χ4n) is 3.06. The highest BCUT2D eigenvalue weighted by Gasteiger charge is 2.20. The molecule has 0 N–H and O–H groups in total. The average molecular weight is 457 g/mol. The van der Waals surface area contributed by atoms with E-state index in [9.17, 15) is 9.59 Å². The molecule has 0 aliphatic carbocycles. The first-order chi connectivity index (χ1) is 15.1. The van der Waals surface area contributed by atoms with Crippen LogP contribution in [0, 0.1) is 11.3 Å². The van der Waals surface area contributed by atoms with Gasteiger partial charge in [0.25, 0.3) is 5.91 Å². The molecule has 2 aromatic rings. The van der Waals surface area contributed by atoms with Crippen molar-refractivity contribution in [2.75, 3.05) is 36.2 Å². The van der Waals surface area contributed by atoms with Crippen LogP contribution in [0.3, 0.4) is 0 Å². The van der Waals surface area contributed by atoms with Gasteiger partial charge < -0.3 is 14.4 Å². The van der Waals surface area contributed by atoms with Gasteiger partial charge in [0.15, 0.2) is 6.61 Å². The van der Waals surface area contributed by atoms with Crippen LogP contribution < -0.4 is 9.64 Å². The summed E-state index contributed by atoms with van der Waals surface area (Å²) in [6, 6.07) is 16.4. The second-order valence-electron chi connectivity index (χ2n) is 6.65. The zero-order chi connectivity index (χ0) is 22.1. The van der Waals surface area contributed by atoms with Crippen molar-refractivity contribution in [2.24, 2.45) is 0 Å². The Hall–Kier alpha value is -2.63. The number of amides is 1. The van der Waals surface area contributed by atoms with E-state index in [1.54, 1.807) is 36.4 Å². The van der Waals surface area contributed by atoms with Crippen molar-refractivity contribution in [3.05, 3.63) is 59.7 Å². The molecule has 0 spiro atoms. The molecule has 1 aliphatic rings. The Morgan fingerprint density at radius 3 is 2.39 bits per heavy atom. The van der Waals surface area contributed by atoms with Crippen molar-refractivity contribution in [2.45, 2.75) is 17.9 Å². The molecule has 8 heteroatoms. The van der Waals surface area contributed by atoms with Gasteiger partial charge in [0.1, 0.15) is 5.75 Å². The number of carbonyl (C=O) groups excluding carboxylic acids is 2. The maximum Gasteiger partial charge on any atom is 0.338 e. The van der Waals surface area contributed by atoms with Crippen LogP contribution in [0.15, 0.2) is 48.5 Å². The summed E-state index contributed by atoms with van der Waals surface area (Å²) in [6.07, 6.45) is 0.172. The molecule has 1 fully saturated rings. The summed E-state index contributed by atoms with van der Waals surface area (Å²) in [6.45, 7) is 2.26. The van der Waals surface area contributed by atoms with Crippen LogP contribution in [0.2, 0.25) is 0 Å². The van der Waals surface area contributed by atoms with Crippen LogP contribution in [0.5, 0.6) is 5.75 Å². The second-order valence-corrected chi connectivity index (χ2v) is 9.38. The smallest absolute Gasteiger partial charge is 0.338 e. The highest BCUT2D eigenvalue weighted by atomic mass is 32.2. The Morgan fingerprint density at radius 2 is 1.77 bits per heavy atom. The highest BCUT2D eigenvalue weighted by molar-refractivity contribution is 8.19. The number of hydrogen-bond donors (Lipinski definition) is 0. The number of rotatable bonds is 9. The first kappa shape index (κ1) is 23.0. The van der Waals surface area contributed by atoms with Crippen LogP contribution in [0.1, 0.15) is 33.8 Å². The van der Waals surface area contributed by atoms with Gasteiger partial charge in [-0.3, -0.25) is 4.79 Å². The molecule has 1 amide bonds. The fourth-order valence-corrected chi connectivity index (χ4v) is 5.92. The SMILES string of the molecule is CCOc1ccc(N(CCC#N)C(=O)COC(=O)c2ccc(C3SCCS3)cc2)cc1. The third kappa shape index (κ3) is 6.42. The summed E-state index contributed by atoms with van der Waals surface area (Å²) in [7, 11) is 0. The van der Waals surface area contributed by atoms with E-state index in [1.807, 2.05) is 48.6 Å². The molecule has 1 saturated heterocycles. The molecular weight excluding hydrogens is 432 g/mol. The minimum absolute atomic E-state index is 0.172. The number of esters is 1. The molecule has 0 saturated carbocycles. The van der Waals surface area contributed by atoms with E-state index in [-0.39, 0.29) is 18.9 Å². The maximum atomic E-state index is 12.7. The van der Waals surface area contributed by atoms with Gasteiger partial charge in [-0.05, 0) is 48.9 Å². The molecule has 1 heterocycles. The van der Waals surface area contributed by atoms with Crippen molar-refractivity contribution in [1.82, 2.24) is 0 Å². The van der Waals surface area contributed by atoms with Crippen molar-refractivity contribution in [1.29, 1.82) is 5.26 Å². The number of hydrogen-bond acceptors (Lipinski definition) is 7. The molecule has 0 bridgehead atoms. The zero-order valence-electron chi connectivity index (χ0n) is 17.3. The first-order valence-electron chi connectivity index (χ1n) is 10.0. The van der Waals surface area contributed by atoms with E-state index in [0.29, 0.717) is 28.2 Å². The van der Waals surface area contributed by atoms with Crippen molar-refractivity contribution in [3.8, 4) is 11.8 Å². The lowest BCUT2D eigenvalue weighted by atomic mass is 10.1. The van der Waals surface area contributed by atoms with Crippen LogP contribution in [0.4, 0.5) is 5.69 Å². The minimum Gasteiger partial charge on any atom is -0.494 e. The van der Waals surface area contributed by atoms with Gasteiger partial charge in [0.2, 0.25) is 0 Å². The van der Waals surface area contributed by atoms with E-state index < -0.39 is 12.6 Å². The number of thioether (sulfide) groups is 2. The van der Waals surface area contributed by atoms with E-state index in [1.165, 1.54) is 10.5 Å².